The maximum Gasteiger partial charge on any atom is 0.0998 e. The van der Waals surface area contributed by atoms with Gasteiger partial charge in [-0.05, 0) is 56.0 Å². The van der Waals surface area contributed by atoms with E-state index in [9.17, 15) is 10.5 Å². The Hall–Kier alpha value is -4.92. The third-order valence-electron chi connectivity index (χ3n) is 6.00. The lowest BCUT2D eigenvalue weighted by molar-refractivity contribution is 1.52. The maximum atomic E-state index is 9.95. The first-order valence-electron chi connectivity index (χ1n) is 11.1. The first kappa shape index (κ1) is 21.0. The van der Waals surface area contributed by atoms with E-state index >= 15 is 0 Å². The molecule has 0 saturated carbocycles. The molecule has 0 heterocycles. The summed E-state index contributed by atoms with van der Waals surface area (Å²) in [7, 11) is 0. The number of fused-ring (bicyclic) bond motifs is 2. The van der Waals surface area contributed by atoms with Crippen LogP contribution >= 0.6 is 0 Å². The lowest BCUT2D eigenvalue weighted by Gasteiger charge is -2.14. The van der Waals surface area contributed by atoms with Gasteiger partial charge in [0.1, 0.15) is 0 Å². The molecule has 0 aliphatic rings. The molecular formula is C32H20N2. The Kier molecular flexibility index (Phi) is 5.73. The van der Waals surface area contributed by atoms with Crippen molar-refractivity contribution in [3.63, 3.8) is 0 Å². The Labute approximate surface area is 199 Å². The summed E-state index contributed by atoms with van der Waals surface area (Å²) in [6.07, 6.45) is 3.96. The van der Waals surface area contributed by atoms with Crippen LogP contribution in [0.25, 0.3) is 44.8 Å². The zero-order valence-corrected chi connectivity index (χ0v) is 18.4. The van der Waals surface area contributed by atoms with E-state index in [2.05, 4.69) is 36.4 Å². The van der Waals surface area contributed by atoms with Gasteiger partial charge in [0.15, 0.2) is 0 Å². The van der Waals surface area contributed by atoms with Crippen molar-refractivity contribution in [2.75, 3.05) is 0 Å². The quantitative estimate of drug-likeness (QED) is 0.163. The van der Waals surface area contributed by atoms with Crippen LogP contribution in [-0.4, -0.2) is 0 Å². The molecule has 0 aromatic heterocycles. The molecule has 0 N–H and O–H groups in total. The summed E-state index contributed by atoms with van der Waals surface area (Å²) in [5, 5.41) is 24.1. The molecule has 34 heavy (non-hydrogen) atoms. The molecule has 0 atom stereocenters. The van der Waals surface area contributed by atoms with Gasteiger partial charge in [-0.3, -0.25) is 0 Å². The summed E-state index contributed by atoms with van der Waals surface area (Å²) >= 11 is 0. The standard InChI is InChI=1S/C32H20N2/c33-21-25(23-11-3-1-4-12-23)19-31-27-15-7-9-17-29(27)32(30-18-10-8-16-28(30)31)20-26(22-34)24-13-5-2-6-14-24/h1-20H/b25-19+,26-20+. The highest BCUT2D eigenvalue weighted by Crippen LogP contribution is 2.37. The minimum atomic E-state index is 0.612. The van der Waals surface area contributed by atoms with Gasteiger partial charge in [-0.1, -0.05) is 109 Å². The number of rotatable bonds is 4. The van der Waals surface area contributed by atoms with E-state index in [4.69, 9.17) is 0 Å². The predicted octanol–water partition coefficient (Wildman–Crippen LogP) is 8.12. The largest absolute Gasteiger partial charge is 0.192 e. The van der Waals surface area contributed by atoms with Crippen LogP contribution in [0.3, 0.4) is 0 Å². The van der Waals surface area contributed by atoms with Crippen molar-refractivity contribution in [1.82, 2.24) is 0 Å². The summed E-state index contributed by atoms with van der Waals surface area (Å²) in [4.78, 5) is 0. The third-order valence-corrected chi connectivity index (χ3v) is 6.00. The summed E-state index contributed by atoms with van der Waals surface area (Å²) < 4.78 is 0. The van der Waals surface area contributed by atoms with Crippen LogP contribution in [0.4, 0.5) is 0 Å². The Bertz CT molecular complexity index is 1460. The minimum absolute atomic E-state index is 0.612. The van der Waals surface area contributed by atoms with E-state index in [-0.39, 0.29) is 0 Å². The molecule has 0 spiro atoms. The number of hydrogen-bond donors (Lipinski definition) is 0. The van der Waals surface area contributed by atoms with E-state index in [1.54, 1.807) is 0 Å². The molecule has 5 aromatic rings. The second kappa shape index (κ2) is 9.29. The van der Waals surface area contributed by atoms with Gasteiger partial charge in [-0.2, -0.15) is 10.5 Å². The lowest BCUT2D eigenvalue weighted by atomic mass is 9.89. The van der Waals surface area contributed by atoms with E-state index in [0.29, 0.717) is 11.1 Å². The Morgan fingerprint density at radius 1 is 0.441 bits per heavy atom. The summed E-state index contributed by atoms with van der Waals surface area (Å²) in [5.74, 6) is 0. The van der Waals surface area contributed by atoms with Crippen LogP contribution < -0.4 is 0 Å². The van der Waals surface area contributed by atoms with Gasteiger partial charge in [-0.25, -0.2) is 0 Å². The van der Waals surface area contributed by atoms with Crippen molar-refractivity contribution in [1.29, 1.82) is 10.5 Å². The summed E-state index contributed by atoms with van der Waals surface area (Å²) in [6, 6.07) is 40.6. The number of allylic oxidation sites excluding steroid dienone is 2. The smallest absolute Gasteiger partial charge is 0.0998 e. The fraction of sp³-hybridized carbons (Fsp3) is 0. The predicted molar refractivity (Wildman–Crippen MR) is 141 cm³/mol. The molecule has 0 saturated heterocycles. The SMILES string of the molecule is N#C/C(=C\c1c2ccccc2c(/C=C(\C#N)c2ccccc2)c2ccccc12)c1ccccc1. The van der Waals surface area contributed by atoms with Crippen molar-refractivity contribution >= 4 is 44.8 Å². The van der Waals surface area contributed by atoms with Gasteiger partial charge in [0, 0.05) is 0 Å². The van der Waals surface area contributed by atoms with Crippen LogP contribution in [-0.2, 0) is 0 Å². The molecule has 0 aliphatic carbocycles. The number of nitriles is 2. The third kappa shape index (κ3) is 3.86. The first-order chi connectivity index (χ1) is 16.8. The monoisotopic (exact) mass is 432 g/mol. The van der Waals surface area contributed by atoms with Gasteiger partial charge < -0.3 is 0 Å². The van der Waals surface area contributed by atoms with E-state index in [1.165, 1.54) is 0 Å². The topological polar surface area (TPSA) is 47.6 Å². The van der Waals surface area contributed by atoms with Crippen LogP contribution in [0, 0.1) is 22.7 Å². The van der Waals surface area contributed by atoms with Crippen molar-refractivity contribution in [3.8, 4) is 12.1 Å². The second-order valence-corrected chi connectivity index (χ2v) is 7.99. The molecule has 2 nitrogen and oxygen atoms in total. The van der Waals surface area contributed by atoms with Crippen LogP contribution in [0.5, 0.6) is 0 Å². The molecule has 0 amide bonds. The molecule has 5 rings (SSSR count). The molecule has 0 bridgehead atoms. The van der Waals surface area contributed by atoms with Crippen LogP contribution in [0.1, 0.15) is 22.3 Å². The van der Waals surface area contributed by atoms with E-state index in [1.807, 2.05) is 97.1 Å². The molecule has 0 aliphatic heterocycles. The van der Waals surface area contributed by atoms with Crippen LogP contribution in [0.15, 0.2) is 109 Å². The van der Waals surface area contributed by atoms with E-state index < -0.39 is 0 Å². The fourth-order valence-corrected chi connectivity index (χ4v) is 4.39. The zero-order valence-electron chi connectivity index (χ0n) is 18.4. The van der Waals surface area contributed by atoms with Gasteiger partial charge in [0.25, 0.3) is 0 Å². The number of nitrogens with zero attached hydrogens (tertiary/aromatic N) is 2. The number of hydrogen-bond acceptors (Lipinski definition) is 2. The molecule has 5 aromatic carbocycles. The molecule has 158 valence electrons. The van der Waals surface area contributed by atoms with Crippen molar-refractivity contribution in [2.45, 2.75) is 0 Å². The minimum Gasteiger partial charge on any atom is -0.192 e. The number of benzene rings is 5. The average Bonchev–Trinajstić information content (AvgIpc) is 2.91. The van der Waals surface area contributed by atoms with E-state index in [0.717, 1.165) is 43.8 Å². The Morgan fingerprint density at radius 3 is 1.03 bits per heavy atom. The highest BCUT2D eigenvalue weighted by atomic mass is 14.3. The summed E-state index contributed by atoms with van der Waals surface area (Å²) in [5.41, 5.74) is 5.00. The van der Waals surface area contributed by atoms with Gasteiger partial charge in [-0.15, -0.1) is 0 Å². The van der Waals surface area contributed by atoms with Crippen LogP contribution in [0.2, 0.25) is 0 Å². The first-order valence-corrected chi connectivity index (χ1v) is 11.1. The summed E-state index contributed by atoms with van der Waals surface area (Å²) in [6.45, 7) is 0. The normalized spacial score (nSPS) is 11.8. The molecule has 0 unspecified atom stereocenters. The molecular weight excluding hydrogens is 412 g/mol. The van der Waals surface area contributed by atoms with Gasteiger partial charge in [0.05, 0.1) is 23.3 Å². The highest BCUT2D eigenvalue weighted by Gasteiger charge is 2.13. The van der Waals surface area contributed by atoms with Crippen molar-refractivity contribution in [3.05, 3.63) is 131 Å². The second-order valence-electron chi connectivity index (χ2n) is 7.99. The Balaban J connectivity index is 1.85. The molecule has 0 radical (unpaired) electrons. The average molecular weight is 433 g/mol. The van der Waals surface area contributed by atoms with Gasteiger partial charge >= 0.3 is 0 Å². The Morgan fingerprint density at radius 2 is 0.735 bits per heavy atom. The van der Waals surface area contributed by atoms with Gasteiger partial charge in [0.2, 0.25) is 0 Å². The van der Waals surface area contributed by atoms with Crippen molar-refractivity contribution in [2.24, 2.45) is 0 Å². The lowest BCUT2D eigenvalue weighted by Crippen LogP contribution is -1.91. The zero-order chi connectivity index (χ0) is 23.3. The van der Waals surface area contributed by atoms with Crippen molar-refractivity contribution < 1.29 is 0 Å². The fourth-order valence-electron chi connectivity index (χ4n) is 4.39. The maximum absolute atomic E-state index is 9.95. The molecule has 2 heteroatoms. The highest BCUT2D eigenvalue weighted by molar-refractivity contribution is 6.16. The molecule has 0 fully saturated rings.